The molecule has 3 heterocycles. The van der Waals surface area contributed by atoms with Crippen molar-refractivity contribution >= 4 is 5.82 Å². The minimum Gasteiger partial charge on any atom is -0.465 e. The van der Waals surface area contributed by atoms with Crippen molar-refractivity contribution in [3.05, 3.63) is 41.7 Å². The Morgan fingerprint density at radius 3 is 2.77 bits per heavy atom. The van der Waals surface area contributed by atoms with Gasteiger partial charge in [0.15, 0.2) is 0 Å². The van der Waals surface area contributed by atoms with Crippen molar-refractivity contribution in [2.24, 2.45) is 0 Å². The number of furan rings is 1. The fraction of sp³-hybridized carbons (Fsp3) is 0.529. The summed E-state index contributed by atoms with van der Waals surface area (Å²) < 4.78 is 5.60. The minimum absolute atomic E-state index is 0.550. The number of aromatic nitrogens is 2. The third-order valence-electron chi connectivity index (χ3n) is 4.25. The summed E-state index contributed by atoms with van der Waals surface area (Å²) in [6.07, 6.45) is 4.89. The third kappa shape index (κ3) is 3.65. The summed E-state index contributed by atoms with van der Waals surface area (Å²) in [7, 11) is 0. The van der Waals surface area contributed by atoms with Gasteiger partial charge in [0, 0.05) is 30.9 Å². The van der Waals surface area contributed by atoms with Crippen molar-refractivity contribution in [1.29, 1.82) is 0 Å². The SMILES string of the molecule is CCc1cc(N2CCC(NCc3ccc(C)o3)CC2)ncn1. The van der Waals surface area contributed by atoms with E-state index in [2.05, 4.69) is 33.2 Å². The number of nitrogens with one attached hydrogen (secondary N) is 1. The molecule has 0 amide bonds. The van der Waals surface area contributed by atoms with Crippen LogP contribution in [0.2, 0.25) is 0 Å². The maximum atomic E-state index is 5.60. The number of nitrogens with zero attached hydrogens (tertiary/aromatic N) is 3. The Morgan fingerprint density at radius 1 is 1.27 bits per heavy atom. The zero-order chi connectivity index (χ0) is 15.4. The van der Waals surface area contributed by atoms with E-state index in [1.54, 1.807) is 6.33 Å². The van der Waals surface area contributed by atoms with Crippen LogP contribution in [0.25, 0.3) is 0 Å². The summed E-state index contributed by atoms with van der Waals surface area (Å²) in [5.74, 6) is 3.05. The molecule has 1 N–H and O–H groups in total. The lowest BCUT2D eigenvalue weighted by Crippen LogP contribution is -2.42. The molecule has 0 radical (unpaired) electrons. The Morgan fingerprint density at radius 2 is 2.09 bits per heavy atom. The van der Waals surface area contributed by atoms with Gasteiger partial charge in [0.05, 0.1) is 6.54 Å². The monoisotopic (exact) mass is 300 g/mol. The zero-order valence-corrected chi connectivity index (χ0v) is 13.4. The van der Waals surface area contributed by atoms with Gasteiger partial charge in [-0.05, 0) is 38.3 Å². The second-order valence-electron chi connectivity index (χ2n) is 5.88. The van der Waals surface area contributed by atoms with E-state index in [0.29, 0.717) is 6.04 Å². The van der Waals surface area contributed by atoms with Gasteiger partial charge in [-0.3, -0.25) is 0 Å². The van der Waals surface area contributed by atoms with Crippen LogP contribution in [0.3, 0.4) is 0 Å². The Bertz CT molecular complexity index is 602. The van der Waals surface area contributed by atoms with Crippen LogP contribution in [-0.2, 0) is 13.0 Å². The van der Waals surface area contributed by atoms with Crippen molar-refractivity contribution in [3.8, 4) is 0 Å². The van der Waals surface area contributed by atoms with Crippen LogP contribution in [0, 0.1) is 6.92 Å². The Hall–Kier alpha value is -1.88. The second kappa shape index (κ2) is 6.92. The van der Waals surface area contributed by atoms with E-state index in [9.17, 15) is 0 Å². The van der Waals surface area contributed by atoms with Crippen LogP contribution in [-0.4, -0.2) is 29.1 Å². The van der Waals surface area contributed by atoms with Crippen LogP contribution in [0.15, 0.2) is 28.9 Å². The van der Waals surface area contributed by atoms with Crippen molar-refractivity contribution in [2.45, 2.75) is 45.7 Å². The highest BCUT2D eigenvalue weighted by Crippen LogP contribution is 2.18. The van der Waals surface area contributed by atoms with Gasteiger partial charge in [0.25, 0.3) is 0 Å². The number of anilines is 1. The molecule has 2 aromatic rings. The van der Waals surface area contributed by atoms with Crippen LogP contribution >= 0.6 is 0 Å². The van der Waals surface area contributed by atoms with E-state index in [4.69, 9.17) is 4.42 Å². The molecule has 0 spiro atoms. The third-order valence-corrected chi connectivity index (χ3v) is 4.25. The van der Waals surface area contributed by atoms with Crippen molar-refractivity contribution in [3.63, 3.8) is 0 Å². The average molecular weight is 300 g/mol. The zero-order valence-electron chi connectivity index (χ0n) is 13.4. The van der Waals surface area contributed by atoms with Gasteiger partial charge in [-0.15, -0.1) is 0 Å². The van der Waals surface area contributed by atoms with Gasteiger partial charge >= 0.3 is 0 Å². The second-order valence-corrected chi connectivity index (χ2v) is 5.88. The number of hydrogen-bond donors (Lipinski definition) is 1. The van der Waals surface area contributed by atoms with Gasteiger partial charge in [-0.2, -0.15) is 0 Å². The van der Waals surface area contributed by atoms with Crippen LogP contribution < -0.4 is 10.2 Å². The highest BCUT2D eigenvalue weighted by atomic mass is 16.3. The van der Waals surface area contributed by atoms with Gasteiger partial charge in [-0.1, -0.05) is 6.92 Å². The number of rotatable bonds is 5. The van der Waals surface area contributed by atoms with E-state index in [1.807, 2.05) is 19.1 Å². The standard InChI is InChI=1S/C17H24N4O/c1-3-14-10-17(20-12-19-14)21-8-6-15(7-9-21)18-11-16-5-4-13(2)22-16/h4-5,10,12,15,18H,3,6-9,11H2,1-2H3. The number of aryl methyl sites for hydroxylation is 2. The quantitative estimate of drug-likeness (QED) is 0.920. The van der Waals surface area contributed by atoms with Crippen LogP contribution in [0.4, 0.5) is 5.82 Å². The predicted molar refractivity (Wildman–Crippen MR) is 86.9 cm³/mol. The first kappa shape index (κ1) is 15.0. The Labute approximate surface area is 131 Å². The molecule has 0 unspecified atom stereocenters. The molecule has 0 bridgehead atoms. The van der Waals surface area contributed by atoms with Gasteiger partial charge in [0.2, 0.25) is 0 Å². The lowest BCUT2D eigenvalue weighted by Gasteiger charge is -2.33. The first-order valence-electron chi connectivity index (χ1n) is 8.09. The molecular weight excluding hydrogens is 276 g/mol. The van der Waals surface area contributed by atoms with Gasteiger partial charge < -0.3 is 14.6 Å². The number of piperidine rings is 1. The molecule has 118 valence electrons. The average Bonchev–Trinajstić information content (AvgIpc) is 2.99. The van der Waals surface area contributed by atoms with Gasteiger partial charge in [0.1, 0.15) is 23.7 Å². The highest BCUT2D eigenvalue weighted by Gasteiger charge is 2.20. The summed E-state index contributed by atoms with van der Waals surface area (Å²) in [4.78, 5) is 11.0. The summed E-state index contributed by atoms with van der Waals surface area (Å²) >= 11 is 0. The molecule has 0 aromatic carbocycles. The van der Waals surface area contributed by atoms with Crippen molar-refractivity contribution in [2.75, 3.05) is 18.0 Å². The van der Waals surface area contributed by atoms with E-state index in [-0.39, 0.29) is 0 Å². The molecule has 22 heavy (non-hydrogen) atoms. The van der Waals surface area contributed by atoms with Crippen molar-refractivity contribution < 1.29 is 4.42 Å². The van der Waals surface area contributed by atoms with E-state index < -0.39 is 0 Å². The normalized spacial score (nSPS) is 16.2. The molecule has 3 rings (SSSR count). The van der Waals surface area contributed by atoms with Crippen LogP contribution in [0.1, 0.15) is 37.0 Å². The van der Waals surface area contributed by atoms with Gasteiger partial charge in [-0.25, -0.2) is 9.97 Å². The summed E-state index contributed by atoms with van der Waals surface area (Å²) in [6, 6.07) is 6.72. The summed E-state index contributed by atoms with van der Waals surface area (Å²) in [6.45, 7) is 6.99. The maximum Gasteiger partial charge on any atom is 0.132 e. The molecule has 0 atom stereocenters. The first-order chi connectivity index (χ1) is 10.7. The summed E-state index contributed by atoms with van der Waals surface area (Å²) in [5.41, 5.74) is 1.11. The largest absolute Gasteiger partial charge is 0.465 e. The topological polar surface area (TPSA) is 54.2 Å². The highest BCUT2D eigenvalue weighted by molar-refractivity contribution is 5.39. The minimum atomic E-state index is 0.550. The summed E-state index contributed by atoms with van der Waals surface area (Å²) in [5, 5.41) is 3.59. The lowest BCUT2D eigenvalue weighted by atomic mass is 10.0. The lowest BCUT2D eigenvalue weighted by molar-refractivity contribution is 0.383. The molecule has 2 aromatic heterocycles. The molecule has 0 aliphatic carbocycles. The fourth-order valence-electron chi connectivity index (χ4n) is 2.89. The molecule has 1 fully saturated rings. The fourth-order valence-corrected chi connectivity index (χ4v) is 2.89. The van der Waals surface area contributed by atoms with Crippen LogP contribution in [0.5, 0.6) is 0 Å². The number of hydrogen-bond acceptors (Lipinski definition) is 5. The molecule has 5 heteroatoms. The maximum absolute atomic E-state index is 5.60. The molecular formula is C17H24N4O. The molecule has 1 aliphatic heterocycles. The molecule has 0 saturated carbocycles. The first-order valence-corrected chi connectivity index (χ1v) is 8.09. The Balaban J connectivity index is 1.49. The molecule has 5 nitrogen and oxygen atoms in total. The molecule has 1 aliphatic rings. The van der Waals surface area contributed by atoms with E-state index >= 15 is 0 Å². The molecule has 1 saturated heterocycles. The van der Waals surface area contributed by atoms with E-state index in [1.165, 1.54) is 0 Å². The van der Waals surface area contributed by atoms with E-state index in [0.717, 1.165) is 61.9 Å². The Kier molecular flexibility index (Phi) is 4.73. The van der Waals surface area contributed by atoms with Crippen molar-refractivity contribution in [1.82, 2.24) is 15.3 Å². The smallest absolute Gasteiger partial charge is 0.132 e. The predicted octanol–water partition coefficient (Wildman–Crippen LogP) is 2.70.